The van der Waals surface area contributed by atoms with E-state index in [0.29, 0.717) is 11.5 Å². The van der Waals surface area contributed by atoms with Crippen LogP contribution in [0.4, 0.5) is 5.69 Å². The van der Waals surface area contributed by atoms with E-state index in [1.807, 2.05) is 43.3 Å². The Bertz CT molecular complexity index is 1040. The maximum atomic E-state index is 12.5. The van der Waals surface area contributed by atoms with E-state index < -0.39 is 15.9 Å². The fourth-order valence-corrected chi connectivity index (χ4v) is 3.80. The highest BCUT2D eigenvalue weighted by molar-refractivity contribution is 7.92. The van der Waals surface area contributed by atoms with Gasteiger partial charge in [0.1, 0.15) is 12.4 Å². The number of nitrogens with one attached hydrogen (secondary N) is 2. The first kappa shape index (κ1) is 18.9. The van der Waals surface area contributed by atoms with E-state index in [2.05, 4.69) is 15.3 Å². The fraction of sp³-hybridized carbons (Fsp3) is 0.263. The molecule has 2 N–H and O–H groups in total. The fourth-order valence-electron chi connectivity index (χ4n) is 2.89. The third kappa shape index (κ3) is 4.28. The molecule has 0 saturated carbocycles. The molecule has 8 heteroatoms. The van der Waals surface area contributed by atoms with Crippen molar-refractivity contribution < 1.29 is 13.2 Å². The van der Waals surface area contributed by atoms with E-state index in [1.165, 1.54) is 0 Å². The normalized spacial score (nSPS) is 12.7. The zero-order chi connectivity index (χ0) is 19.6. The molecule has 0 saturated heterocycles. The number of carbonyl (C=O) groups excluding carboxylic acids is 1. The summed E-state index contributed by atoms with van der Waals surface area (Å²) in [5.74, 6) is 0.211. The molecular weight excluding hydrogens is 364 g/mol. The van der Waals surface area contributed by atoms with E-state index in [9.17, 15) is 13.2 Å². The van der Waals surface area contributed by atoms with Crippen molar-refractivity contribution in [1.82, 2.24) is 15.3 Å². The van der Waals surface area contributed by atoms with E-state index in [4.69, 9.17) is 0 Å². The van der Waals surface area contributed by atoms with Gasteiger partial charge in [0.2, 0.25) is 15.9 Å². The third-order valence-corrected chi connectivity index (χ3v) is 5.39. The molecule has 1 atom stereocenters. The molecule has 1 heterocycles. The maximum Gasteiger partial charge on any atom is 0.241 e. The van der Waals surface area contributed by atoms with Gasteiger partial charge < -0.3 is 10.3 Å². The SMILES string of the molecule is Cc1ccccc1N(CC(=O)N[C@@H](C)c1nc2ccccc2[nH]1)S(C)(=O)=O. The van der Waals surface area contributed by atoms with Crippen molar-refractivity contribution in [2.45, 2.75) is 19.9 Å². The quantitative estimate of drug-likeness (QED) is 0.680. The van der Waals surface area contributed by atoms with E-state index >= 15 is 0 Å². The van der Waals surface area contributed by atoms with Gasteiger partial charge in [0, 0.05) is 0 Å². The molecule has 7 nitrogen and oxygen atoms in total. The van der Waals surface area contributed by atoms with Crippen LogP contribution in [-0.2, 0) is 14.8 Å². The molecule has 0 fully saturated rings. The molecule has 0 aliphatic carbocycles. The second-order valence-corrected chi connectivity index (χ2v) is 8.39. The van der Waals surface area contributed by atoms with Gasteiger partial charge in [-0.3, -0.25) is 9.10 Å². The number of hydrogen-bond acceptors (Lipinski definition) is 4. The Hall–Kier alpha value is -2.87. The van der Waals surface area contributed by atoms with Crippen molar-refractivity contribution in [2.24, 2.45) is 0 Å². The number of para-hydroxylation sites is 3. The van der Waals surface area contributed by atoms with Crippen LogP contribution in [0.5, 0.6) is 0 Å². The number of anilines is 1. The summed E-state index contributed by atoms with van der Waals surface area (Å²) in [7, 11) is -3.61. The number of imidazole rings is 1. The highest BCUT2D eigenvalue weighted by Gasteiger charge is 2.23. The molecule has 1 amide bonds. The van der Waals surface area contributed by atoms with Crippen LogP contribution in [0.25, 0.3) is 11.0 Å². The van der Waals surface area contributed by atoms with Crippen molar-refractivity contribution in [3.05, 3.63) is 59.9 Å². The molecule has 0 aliphatic heterocycles. The number of amides is 1. The molecule has 0 spiro atoms. The second kappa shape index (κ2) is 7.40. The summed E-state index contributed by atoms with van der Waals surface area (Å²) in [6.07, 6.45) is 1.09. The summed E-state index contributed by atoms with van der Waals surface area (Å²) < 4.78 is 25.6. The first-order valence-corrected chi connectivity index (χ1v) is 10.4. The number of rotatable bonds is 6. The Morgan fingerprint density at radius 3 is 2.52 bits per heavy atom. The number of carbonyl (C=O) groups is 1. The molecule has 3 rings (SSSR count). The number of fused-ring (bicyclic) bond motifs is 1. The largest absolute Gasteiger partial charge is 0.345 e. The van der Waals surface area contributed by atoms with Gasteiger partial charge in [-0.15, -0.1) is 0 Å². The van der Waals surface area contributed by atoms with Crippen LogP contribution in [-0.4, -0.2) is 37.1 Å². The molecule has 0 bridgehead atoms. The second-order valence-electron chi connectivity index (χ2n) is 6.48. The lowest BCUT2D eigenvalue weighted by atomic mass is 10.2. The van der Waals surface area contributed by atoms with Crippen molar-refractivity contribution in [2.75, 3.05) is 17.1 Å². The van der Waals surface area contributed by atoms with Crippen LogP contribution in [0.15, 0.2) is 48.5 Å². The third-order valence-electron chi connectivity index (χ3n) is 4.27. The summed E-state index contributed by atoms with van der Waals surface area (Å²) >= 11 is 0. The average molecular weight is 386 g/mol. The Balaban J connectivity index is 1.77. The smallest absolute Gasteiger partial charge is 0.241 e. The zero-order valence-electron chi connectivity index (χ0n) is 15.4. The highest BCUT2D eigenvalue weighted by Crippen LogP contribution is 2.22. The Morgan fingerprint density at radius 2 is 1.85 bits per heavy atom. The van der Waals surface area contributed by atoms with Gasteiger partial charge >= 0.3 is 0 Å². The van der Waals surface area contributed by atoms with Gasteiger partial charge in [-0.1, -0.05) is 30.3 Å². The first-order chi connectivity index (χ1) is 12.8. The first-order valence-electron chi connectivity index (χ1n) is 8.53. The monoisotopic (exact) mass is 386 g/mol. The summed E-state index contributed by atoms with van der Waals surface area (Å²) in [6, 6.07) is 14.3. The van der Waals surface area contributed by atoms with E-state index in [1.54, 1.807) is 19.1 Å². The summed E-state index contributed by atoms with van der Waals surface area (Å²) in [5, 5.41) is 2.81. The Morgan fingerprint density at radius 1 is 1.19 bits per heavy atom. The van der Waals surface area contributed by atoms with Crippen LogP contribution >= 0.6 is 0 Å². The molecule has 142 valence electrons. The highest BCUT2D eigenvalue weighted by atomic mass is 32.2. The van der Waals surface area contributed by atoms with Gasteiger partial charge in [-0.05, 0) is 37.6 Å². The predicted octanol–water partition coefficient (Wildman–Crippen LogP) is 2.51. The number of hydrogen-bond donors (Lipinski definition) is 2. The van der Waals surface area contributed by atoms with Crippen LogP contribution in [0.2, 0.25) is 0 Å². The molecule has 3 aromatic rings. The van der Waals surface area contributed by atoms with Crippen LogP contribution in [0.3, 0.4) is 0 Å². The minimum absolute atomic E-state index is 0.297. The van der Waals surface area contributed by atoms with Crippen LogP contribution < -0.4 is 9.62 Å². The summed E-state index contributed by atoms with van der Waals surface area (Å²) in [6.45, 7) is 3.31. The van der Waals surface area contributed by atoms with E-state index in [0.717, 1.165) is 27.2 Å². The topological polar surface area (TPSA) is 95.2 Å². The minimum Gasteiger partial charge on any atom is -0.345 e. The molecule has 27 heavy (non-hydrogen) atoms. The molecule has 0 aliphatic rings. The molecule has 0 radical (unpaired) electrons. The van der Waals surface area contributed by atoms with Gasteiger partial charge in [-0.25, -0.2) is 13.4 Å². The number of sulfonamides is 1. The number of benzene rings is 2. The Kier molecular flexibility index (Phi) is 5.18. The van der Waals surface area contributed by atoms with Gasteiger partial charge in [0.25, 0.3) is 0 Å². The molecule has 0 unspecified atom stereocenters. The van der Waals surface area contributed by atoms with Gasteiger partial charge in [0.05, 0.1) is 29.0 Å². The van der Waals surface area contributed by atoms with Crippen molar-refractivity contribution in [3.8, 4) is 0 Å². The molecule has 1 aromatic heterocycles. The van der Waals surface area contributed by atoms with Crippen LogP contribution in [0, 0.1) is 6.92 Å². The standard InChI is InChI=1S/C19H22N4O3S/c1-13-8-4-7-11-17(13)23(27(3,25)26)12-18(24)20-14(2)19-21-15-9-5-6-10-16(15)22-19/h4-11,14H,12H2,1-3H3,(H,20,24)(H,21,22)/t14-/m0/s1. The van der Waals surface area contributed by atoms with E-state index in [-0.39, 0.29) is 12.6 Å². The number of aromatic amines is 1. The van der Waals surface area contributed by atoms with Crippen molar-refractivity contribution >= 4 is 32.7 Å². The van der Waals surface area contributed by atoms with Crippen molar-refractivity contribution in [1.29, 1.82) is 0 Å². The van der Waals surface area contributed by atoms with Gasteiger partial charge in [-0.2, -0.15) is 0 Å². The molecular formula is C19H22N4O3S. The summed E-state index contributed by atoms with van der Waals surface area (Å²) in [5.41, 5.74) is 2.96. The Labute approximate surface area is 158 Å². The maximum absolute atomic E-state index is 12.5. The number of H-pyrrole nitrogens is 1. The lowest BCUT2D eigenvalue weighted by molar-refractivity contribution is -0.120. The minimum atomic E-state index is -3.61. The van der Waals surface area contributed by atoms with Crippen molar-refractivity contribution in [3.63, 3.8) is 0 Å². The number of nitrogens with zero attached hydrogens (tertiary/aromatic N) is 2. The number of aromatic nitrogens is 2. The average Bonchev–Trinajstić information content (AvgIpc) is 3.04. The van der Waals surface area contributed by atoms with Crippen LogP contribution in [0.1, 0.15) is 24.4 Å². The van der Waals surface area contributed by atoms with Gasteiger partial charge in [0.15, 0.2) is 0 Å². The lowest BCUT2D eigenvalue weighted by Gasteiger charge is -2.24. The molecule has 2 aromatic carbocycles. The zero-order valence-corrected chi connectivity index (χ0v) is 16.2. The predicted molar refractivity (Wildman–Crippen MR) is 106 cm³/mol. The lowest BCUT2D eigenvalue weighted by Crippen LogP contribution is -2.41. The number of aryl methyl sites for hydroxylation is 1. The summed E-state index contributed by atoms with van der Waals surface area (Å²) in [4.78, 5) is 20.2.